The zero-order valence-corrected chi connectivity index (χ0v) is 17.9. The van der Waals surface area contributed by atoms with Crippen molar-refractivity contribution in [2.24, 2.45) is 17.8 Å². The molecule has 8 nitrogen and oxygen atoms in total. The van der Waals surface area contributed by atoms with Crippen LogP contribution in [0, 0.1) is 17.8 Å². The number of amides is 2. The monoisotopic (exact) mass is 421 g/mol. The molecule has 2 saturated heterocycles. The molecule has 0 aromatic carbocycles. The predicted molar refractivity (Wildman–Crippen MR) is 114 cm³/mol. The molecule has 0 N–H and O–H groups in total. The number of carbonyl (C=O) groups excluding carboxylic acids is 2. The number of ether oxygens (including phenoxy) is 1. The van der Waals surface area contributed by atoms with Gasteiger partial charge in [-0.25, -0.2) is 4.98 Å². The average molecular weight is 422 g/mol. The minimum absolute atomic E-state index is 0.0350. The standard InChI is InChI=1S/C23H27N5O3/c1-25(2)19(29)11-28-17-5-3-8-24-21(17)27-9-4-6-18(27)23(28)7-10-26(14-23)22(30)20-15-12-31-13-16(15)20/h3-6,8-9,15-16,20H,7,10-14H2,1-2H3/t15-,16+,20?,23-/m1/s1. The quantitative estimate of drug-likeness (QED) is 0.742. The van der Waals surface area contributed by atoms with Gasteiger partial charge in [0.25, 0.3) is 0 Å². The molecule has 6 rings (SSSR count). The van der Waals surface area contributed by atoms with Crippen LogP contribution >= 0.6 is 0 Å². The van der Waals surface area contributed by atoms with Crippen LogP contribution in [0.2, 0.25) is 0 Å². The number of hydrogen-bond acceptors (Lipinski definition) is 5. The van der Waals surface area contributed by atoms with Gasteiger partial charge in [-0.15, -0.1) is 0 Å². The molecule has 2 aromatic rings. The van der Waals surface area contributed by atoms with Crippen LogP contribution in [0.4, 0.5) is 5.69 Å². The molecule has 2 aromatic heterocycles. The van der Waals surface area contributed by atoms with E-state index in [9.17, 15) is 9.59 Å². The summed E-state index contributed by atoms with van der Waals surface area (Å²) < 4.78 is 7.61. The fourth-order valence-corrected chi connectivity index (χ4v) is 5.84. The lowest BCUT2D eigenvalue weighted by Gasteiger charge is -2.47. The smallest absolute Gasteiger partial charge is 0.241 e. The van der Waals surface area contributed by atoms with Gasteiger partial charge in [-0.1, -0.05) is 0 Å². The van der Waals surface area contributed by atoms with E-state index >= 15 is 0 Å². The normalized spacial score (nSPS) is 30.2. The Labute approximate surface area is 181 Å². The SMILES string of the molecule is CN(C)C(=O)CN1c2cccnc2-n2cccc2[C@]12CCN(C(=O)C1[C@H]3COC[C@@H]13)C2. The number of nitrogens with zero attached hydrogens (tertiary/aromatic N) is 5. The van der Waals surface area contributed by atoms with E-state index in [-0.39, 0.29) is 24.3 Å². The van der Waals surface area contributed by atoms with Crippen molar-refractivity contribution in [3.63, 3.8) is 0 Å². The highest BCUT2D eigenvalue weighted by Crippen LogP contribution is 2.53. The Balaban J connectivity index is 1.39. The van der Waals surface area contributed by atoms with Crippen molar-refractivity contribution < 1.29 is 14.3 Å². The number of hydrogen-bond donors (Lipinski definition) is 0. The van der Waals surface area contributed by atoms with E-state index in [1.807, 2.05) is 29.3 Å². The third-order valence-corrected chi connectivity index (χ3v) is 7.62. The van der Waals surface area contributed by atoms with Crippen molar-refractivity contribution in [1.29, 1.82) is 0 Å². The number of pyridine rings is 1. The maximum Gasteiger partial charge on any atom is 0.241 e. The van der Waals surface area contributed by atoms with Gasteiger partial charge in [0, 0.05) is 45.5 Å². The number of rotatable bonds is 3. The number of anilines is 1. The van der Waals surface area contributed by atoms with Gasteiger partial charge in [0.15, 0.2) is 5.82 Å². The molecule has 3 fully saturated rings. The van der Waals surface area contributed by atoms with Gasteiger partial charge in [-0.3, -0.25) is 9.59 Å². The largest absolute Gasteiger partial charge is 0.381 e. The minimum Gasteiger partial charge on any atom is -0.381 e. The van der Waals surface area contributed by atoms with Gasteiger partial charge in [0.2, 0.25) is 11.8 Å². The fraction of sp³-hybridized carbons (Fsp3) is 0.522. The molecule has 0 bridgehead atoms. The minimum atomic E-state index is -0.443. The van der Waals surface area contributed by atoms with E-state index in [0.29, 0.717) is 38.1 Å². The molecule has 8 heteroatoms. The van der Waals surface area contributed by atoms with Crippen LogP contribution in [-0.2, 0) is 19.9 Å². The van der Waals surface area contributed by atoms with Crippen molar-refractivity contribution in [2.75, 3.05) is 51.8 Å². The Bertz CT molecular complexity index is 1050. The van der Waals surface area contributed by atoms with Crippen molar-refractivity contribution in [3.05, 3.63) is 42.4 Å². The van der Waals surface area contributed by atoms with Gasteiger partial charge in [-0.2, -0.15) is 0 Å². The Kier molecular flexibility index (Phi) is 3.99. The van der Waals surface area contributed by atoms with E-state index in [1.54, 1.807) is 25.2 Å². The third kappa shape index (κ3) is 2.60. The number of carbonyl (C=O) groups is 2. The zero-order chi connectivity index (χ0) is 21.3. The van der Waals surface area contributed by atoms with Gasteiger partial charge in [0.05, 0.1) is 31.1 Å². The molecule has 4 aliphatic rings. The highest BCUT2D eigenvalue weighted by molar-refractivity contribution is 5.85. The fourth-order valence-electron chi connectivity index (χ4n) is 5.84. The molecular weight excluding hydrogens is 394 g/mol. The molecule has 162 valence electrons. The summed E-state index contributed by atoms with van der Waals surface area (Å²) in [6.45, 7) is 2.96. The van der Waals surface area contributed by atoms with Crippen LogP contribution in [0.5, 0.6) is 0 Å². The van der Waals surface area contributed by atoms with E-state index in [2.05, 4.69) is 20.5 Å². The molecule has 1 saturated carbocycles. The second-order valence-corrected chi connectivity index (χ2v) is 9.42. The molecule has 3 aliphatic heterocycles. The summed E-state index contributed by atoms with van der Waals surface area (Å²) in [6.07, 6.45) is 4.60. The van der Waals surface area contributed by atoms with Crippen LogP contribution in [-0.4, -0.2) is 78.1 Å². The summed E-state index contributed by atoms with van der Waals surface area (Å²) in [6, 6.07) is 8.08. The second kappa shape index (κ2) is 6.56. The first-order chi connectivity index (χ1) is 15.0. The molecule has 1 spiro atoms. The molecule has 2 amide bonds. The van der Waals surface area contributed by atoms with Gasteiger partial charge in [0.1, 0.15) is 5.54 Å². The number of aromatic nitrogens is 2. The summed E-state index contributed by atoms with van der Waals surface area (Å²) >= 11 is 0. The highest BCUT2D eigenvalue weighted by Gasteiger charge is 2.61. The van der Waals surface area contributed by atoms with Crippen LogP contribution in [0.1, 0.15) is 12.1 Å². The summed E-state index contributed by atoms with van der Waals surface area (Å²) in [4.78, 5) is 36.6. The first-order valence-corrected chi connectivity index (χ1v) is 11.0. The lowest BCUT2D eigenvalue weighted by Crippen LogP contribution is -2.55. The molecule has 1 unspecified atom stereocenters. The van der Waals surface area contributed by atoms with Crippen LogP contribution in [0.25, 0.3) is 5.82 Å². The Hall–Kier alpha value is -2.87. The summed E-state index contributed by atoms with van der Waals surface area (Å²) in [7, 11) is 3.56. The van der Waals surface area contributed by atoms with Gasteiger partial charge >= 0.3 is 0 Å². The summed E-state index contributed by atoms with van der Waals surface area (Å²) in [5.74, 6) is 2.03. The number of fused-ring (bicyclic) bond motifs is 5. The van der Waals surface area contributed by atoms with E-state index in [1.165, 1.54) is 0 Å². The second-order valence-electron chi connectivity index (χ2n) is 9.42. The van der Waals surface area contributed by atoms with Crippen LogP contribution in [0.15, 0.2) is 36.7 Å². The van der Waals surface area contributed by atoms with E-state index in [0.717, 1.165) is 23.6 Å². The van der Waals surface area contributed by atoms with Crippen LogP contribution in [0.3, 0.4) is 0 Å². The van der Waals surface area contributed by atoms with Crippen molar-refractivity contribution >= 4 is 17.5 Å². The summed E-state index contributed by atoms with van der Waals surface area (Å²) in [5.41, 5.74) is 1.59. The first kappa shape index (κ1) is 18.9. The zero-order valence-electron chi connectivity index (χ0n) is 17.9. The topological polar surface area (TPSA) is 70.9 Å². The Morgan fingerprint density at radius 3 is 2.81 bits per heavy atom. The first-order valence-electron chi connectivity index (χ1n) is 11.0. The maximum atomic E-state index is 13.3. The van der Waals surface area contributed by atoms with Gasteiger partial charge in [-0.05, 0) is 42.5 Å². The van der Waals surface area contributed by atoms with Crippen molar-refractivity contribution in [1.82, 2.24) is 19.4 Å². The van der Waals surface area contributed by atoms with Crippen molar-refractivity contribution in [3.8, 4) is 5.82 Å². The lowest BCUT2D eigenvalue weighted by molar-refractivity contribution is -0.133. The number of likely N-dealkylation sites (tertiary alicyclic amines) is 1. The van der Waals surface area contributed by atoms with Crippen molar-refractivity contribution in [2.45, 2.75) is 12.0 Å². The maximum absolute atomic E-state index is 13.3. The lowest BCUT2D eigenvalue weighted by atomic mass is 9.88. The molecule has 5 heterocycles. The molecule has 4 atom stereocenters. The Morgan fingerprint density at radius 1 is 1.23 bits per heavy atom. The summed E-state index contributed by atoms with van der Waals surface area (Å²) in [5, 5.41) is 0. The predicted octanol–water partition coefficient (Wildman–Crippen LogP) is 1.10. The van der Waals surface area contributed by atoms with E-state index in [4.69, 9.17) is 4.74 Å². The van der Waals surface area contributed by atoms with E-state index < -0.39 is 5.54 Å². The van der Waals surface area contributed by atoms with Gasteiger partial charge < -0.3 is 24.0 Å². The third-order valence-electron chi connectivity index (χ3n) is 7.62. The van der Waals surface area contributed by atoms with Crippen LogP contribution < -0.4 is 4.90 Å². The number of likely N-dealkylation sites (N-methyl/N-ethyl adjacent to an activating group) is 1. The highest BCUT2D eigenvalue weighted by atomic mass is 16.5. The average Bonchev–Trinajstić information content (AvgIpc) is 3.25. The molecule has 1 aliphatic carbocycles. The molecule has 0 radical (unpaired) electrons. The Morgan fingerprint density at radius 2 is 2.03 bits per heavy atom. The molecule has 31 heavy (non-hydrogen) atoms. The molecular formula is C23H27N5O3.